The summed E-state index contributed by atoms with van der Waals surface area (Å²) in [6.45, 7) is 2.71. The van der Waals surface area contributed by atoms with E-state index in [0.29, 0.717) is 23.4 Å². The van der Waals surface area contributed by atoms with Crippen molar-refractivity contribution in [1.82, 2.24) is 14.8 Å². The molecular weight excluding hydrogens is 262 g/mol. The minimum Gasteiger partial charge on any atom is -0.392 e. The number of aromatic amines is 1. The molecule has 1 aliphatic rings. The second-order valence-electron chi connectivity index (χ2n) is 5.24. The number of nitrogens with one attached hydrogen (secondary N) is 1. The van der Waals surface area contributed by atoms with E-state index in [1.807, 2.05) is 6.92 Å². The molecule has 1 aromatic rings. The van der Waals surface area contributed by atoms with Gasteiger partial charge in [-0.3, -0.25) is 4.57 Å². The largest absolute Gasteiger partial charge is 0.392 e. The fourth-order valence-corrected chi connectivity index (χ4v) is 3.68. The van der Waals surface area contributed by atoms with Gasteiger partial charge in [0.05, 0.1) is 6.10 Å². The van der Waals surface area contributed by atoms with Crippen molar-refractivity contribution >= 4 is 11.8 Å². The molecule has 5 nitrogen and oxygen atoms in total. The van der Waals surface area contributed by atoms with Gasteiger partial charge in [-0.05, 0) is 25.2 Å². The molecule has 0 saturated heterocycles. The average Bonchev–Trinajstić information content (AvgIpc) is 2.79. The molecule has 1 heterocycles. The van der Waals surface area contributed by atoms with Crippen molar-refractivity contribution in [2.45, 2.75) is 63.3 Å². The van der Waals surface area contributed by atoms with Crippen LogP contribution in [0.25, 0.3) is 0 Å². The van der Waals surface area contributed by atoms with Gasteiger partial charge in [-0.2, -0.15) is 0 Å². The van der Waals surface area contributed by atoms with E-state index >= 15 is 0 Å². The summed E-state index contributed by atoms with van der Waals surface area (Å²) >= 11 is 1.48. The fraction of sp³-hybridized carbons (Fsp3) is 0.846. The summed E-state index contributed by atoms with van der Waals surface area (Å²) in [5.41, 5.74) is -0.156. The smallest absolute Gasteiger partial charge is 0.343 e. The molecule has 0 unspecified atom stereocenters. The third-order valence-corrected chi connectivity index (χ3v) is 4.83. The van der Waals surface area contributed by atoms with Gasteiger partial charge in [-0.1, -0.05) is 37.9 Å². The van der Waals surface area contributed by atoms with Crippen LogP contribution in [0.1, 0.15) is 45.4 Å². The summed E-state index contributed by atoms with van der Waals surface area (Å²) in [6, 6.07) is 0. The van der Waals surface area contributed by atoms with Gasteiger partial charge in [0.2, 0.25) is 0 Å². The minimum atomic E-state index is -0.285. The van der Waals surface area contributed by atoms with Crippen molar-refractivity contribution in [3.63, 3.8) is 0 Å². The Morgan fingerprint density at radius 2 is 2.21 bits per heavy atom. The molecule has 0 bridgehead atoms. The quantitative estimate of drug-likeness (QED) is 0.784. The van der Waals surface area contributed by atoms with Crippen LogP contribution < -0.4 is 5.69 Å². The van der Waals surface area contributed by atoms with Gasteiger partial charge in [0.15, 0.2) is 5.16 Å². The minimum absolute atomic E-state index is 0.156. The third-order valence-electron chi connectivity index (χ3n) is 3.75. The zero-order chi connectivity index (χ0) is 13.7. The molecule has 0 aliphatic heterocycles. The number of rotatable bonds is 6. The molecule has 108 valence electrons. The monoisotopic (exact) mass is 285 g/mol. The molecule has 0 radical (unpaired) electrons. The van der Waals surface area contributed by atoms with Crippen molar-refractivity contribution in [3.05, 3.63) is 10.5 Å². The predicted octanol–water partition coefficient (Wildman–Crippen LogP) is 2.01. The van der Waals surface area contributed by atoms with Gasteiger partial charge in [0, 0.05) is 12.3 Å². The zero-order valence-corrected chi connectivity index (χ0v) is 12.3. The van der Waals surface area contributed by atoms with Gasteiger partial charge >= 0.3 is 5.69 Å². The lowest BCUT2D eigenvalue weighted by Crippen LogP contribution is -2.25. The van der Waals surface area contributed by atoms with Crippen molar-refractivity contribution < 1.29 is 5.11 Å². The first kappa shape index (κ1) is 14.7. The highest BCUT2D eigenvalue weighted by Crippen LogP contribution is 2.29. The molecule has 1 saturated carbocycles. The maximum Gasteiger partial charge on any atom is 0.343 e. The van der Waals surface area contributed by atoms with Gasteiger partial charge in [-0.25, -0.2) is 9.89 Å². The SMILES string of the molecule is CCCn1c(SC[C@H](O)C2CCCCC2)n[nH]c1=O. The molecule has 1 atom stereocenters. The highest BCUT2D eigenvalue weighted by Gasteiger charge is 2.22. The van der Waals surface area contributed by atoms with E-state index in [1.165, 1.54) is 31.0 Å². The topological polar surface area (TPSA) is 70.9 Å². The fourth-order valence-electron chi connectivity index (χ4n) is 2.65. The number of hydrogen-bond donors (Lipinski definition) is 2. The molecule has 0 aromatic carbocycles. The molecular formula is C13H23N3O2S. The van der Waals surface area contributed by atoms with Crippen LogP contribution in [0.4, 0.5) is 0 Å². The predicted molar refractivity (Wildman–Crippen MR) is 76.4 cm³/mol. The first-order valence-electron chi connectivity index (χ1n) is 7.18. The molecule has 1 aromatic heterocycles. The van der Waals surface area contributed by atoms with Crippen molar-refractivity contribution in [1.29, 1.82) is 0 Å². The van der Waals surface area contributed by atoms with Crippen LogP contribution in [-0.2, 0) is 6.54 Å². The van der Waals surface area contributed by atoms with E-state index in [-0.39, 0.29) is 11.8 Å². The second-order valence-corrected chi connectivity index (χ2v) is 6.23. The maximum atomic E-state index is 11.5. The van der Waals surface area contributed by atoms with Gasteiger partial charge in [-0.15, -0.1) is 5.10 Å². The molecule has 0 spiro atoms. The van der Waals surface area contributed by atoms with Gasteiger partial charge < -0.3 is 5.11 Å². The van der Waals surface area contributed by atoms with Crippen LogP contribution in [0.15, 0.2) is 9.95 Å². The van der Waals surface area contributed by atoms with E-state index < -0.39 is 0 Å². The Morgan fingerprint density at radius 1 is 1.47 bits per heavy atom. The highest BCUT2D eigenvalue weighted by atomic mass is 32.2. The lowest BCUT2D eigenvalue weighted by atomic mass is 9.86. The summed E-state index contributed by atoms with van der Waals surface area (Å²) in [7, 11) is 0. The first-order chi connectivity index (χ1) is 9.22. The molecule has 19 heavy (non-hydrogen) atoms. The number of aromatic nitrogens is 3. The Hall–Kier alpha value is -0.750. The number of aliphatic hydroxyl groups is 1. The Balaban J connectivity index is 1.89. The lowest BCUT2D eigenvalue weighted by Gasteiger charge is -2.26. The summed E-state index contributed by atoms with van der Waals surface area (Å²) in [4.78, 5) is 11.5. The van der Waals surface area contributed by atoms with Crippen LogP contribution in [0.5, 0.6) is 0 Å². The van der Waals surface area contributed by atoms with Crippen molar-refractivity contribution in [3.8, 4) is 0 Å². The number of aliphatic hydroxyl groups excluding tert-OH is 1. The molecule has 2 rings (SSSR count). The summed E-state index contributed by atoms with van der Waals surface area (Å²) < 4.78 is 1.65. The first-order valence-corrected chi connectivity index (χ1v) is 8.17. The summed E-state index contributed by atoms with van der Waals surface area (Å²) in [6.07, 6.45) is 6.63. The van der Waals surface area contributed by atoms with Crippen LogP contribution in [0, 0.1) is 5.92 Å². The number of thioether (sulfide) groups is 1. The standard InChI is InChI=1S/C13H23N3O2S/c1-2-8-16-12(18)14-15-13(16)19-9-11(17)10-6-4-3-5-7-10/h10-11,17H,2-9H2,1H3,(H,14,18)/t11-/m0/s1. The average molecular weight is 285 g/mol. The Labute approximate surface area is 117 Å². The normalized spacial score (nSPS) is 18.6. The Bertz CT molecular complexity index is 437. The van der Waals surface area contributed by atoms with Crippen LogP contribution in [0.2, 0.25) is 0 Å². The Morgan fingerprint density at radius 3 is 2.89 bits per heavy atom. The van der Waals surface area contributed by atoms with Crippen molar-refractivity contribution in [2.24, 2.45) is 5.92 Å². The number of H-pyrrole nitrogens is 1. The molecule has 6 heteroatoms. The van der Waals surface area contributed by atoms with E-state index in [4.69, 9.17) is 0 Å². The van der Waals surface area contributed by atoms with Crippen LogP contribution in [0.3, 0.4) is 0 Å². The third kappa shape index (κ3) is 3.86. The summed E-state index contributed by atoms with van der Waals surface area (Å²) in [5, 5.41) is 17.4. The molecule has 0 amide bonds. The Kier molecular flexibility index (Phi) is 5.51. The van der Waals surface area contributed by atoms with Crippen molar-refractivity contribution in [2.75, 3.05) is 5.75 Å². The highest BCUT2D eigenvalue weighted by molar-refractivity contribution is 7.99. The van der Waals surface area contributed by atoms with E-state index in [9.17, 15) is 9.90 Å². The zero-order valence-electron chi connectivity index (χ0n) is 11.5. The lowest BCUT2D eigenvalue weighted by molar-refractivity contribution is 0.105. The van der Waals surface area contributed by atoms with Crippen LogP contribution >= 0.6 is 11.8 Å². The second kappa shape index (κ2) is 7.14. The number of nitrogens with zero attached hydrogens (tertiary/aromatic N) is 2. The summed E-state index contributed by atoms with van der Waals surface area (Å²) in [5.74, 6) is 1.05. The van der Waals surface area contributed by atoms with E-state index in [2.05, 4.69) is 10.2 Å². The van der Waals surface area contributed by atoms with Gasteiger partial charge in [0.25, 0.3) is 0 Å². The number of hydrogen-bond acceptors (Lipinski definition) is 4. The maximum absolute atomic E-state index is 11.5. The molecule has 2 N–H and O–H groups in total. The molecule has 1 aliphatic carbocycles. The molecule has 1 fully saturated rings. The van der Waals surface area contributed by atoms with E-state index in [1.54, 1.807) is 4.57 Å². The van der Waals surface area contributed by atoms with Gasteiger partial charge in [0.1, 0.15) is 0 Å². The van der Waals surface area contributed by atoms with Crippen LogP contribution in [-0.4, -0.2) is 31.7 Å². The van der Waals surface area contributed by atoms with E-state index in [0.717, 1.165) is 19.3 Å².